The molecule has 0 amide bonds. The normalized spacial score (nSPS) is 11.6. The minimum absolute atomic E-state index is 0.255. The number of rotatable bonds is 7. The number of carbonyl (C=O) groups is 1. The first-order chi connectivity index (χ1) is 9.09. The van der Waals surface area contributed by atoms with Gasteiger partial charge in [-0.25, -0.2) is 4.79 Å². The molecule has 0 aliphatic heterocycles. The second kappa shape index (κ2) is 8.29. The van der Waals surface area contributed by atoms with Gasteiger partial charge in [0.05, 0.1) is 0 Å². The topological polar surface area (TPSA) is 59.0 Å². The van der Waals surface area contributed by atoms with Crippen molar-refractivity contribution in [2.45, 2.75) is 6.42 Å². The maximum absolute atomic E-state index is 11.3. The predicted octanol–water partition coefficient (Wildman–Crippen LogP) is 1.71. The predicted molar refractivity (Wildman–Crippen MR) is 71.5 cm³/mol. The van der Waals surface area contributed by atoms with Gasteiger partial charge in [0.15, 0.2) is 0 Å². The minimum atomic E-state index is -0.880. The van der Waals surface area contributed by atoms with E-state index >= 15 is 0 Å². The third-order valence-electron chi connectivity index (χ3n) is 2.34. The number of likely N-dealkylation sites (N-methyl/N-ethyl adjacent to an activating group) is 1. The Morgan fingerprint density at radius 1 is 1.32 bits per heavy atom. The molecule has 0 spiro atoms. The second-order valence-electron chi connectivity index (χ2n) is 4.28. The Balaban J connectivity index is 2.31. The van der Waals surface area contributed by atoms with Crippen LogP contribution in [0.25, 0.3) is 0 Å². The van der Waals surface area contributed by atoms with E-state index in [0.29, 0.717) is 13.0 Å². The maximum atomic E-state index is 11.3. The first-order valence-electron chi connectivity index (χ1n) is 6.01. The van der Waals surface area contributed by atoms with Crippen LogP contribution in [0, 0.1) is 0 Å². The molecular weight excluding hydrogens is 246 g/mol. The zero-order valence-electron chi connectivity index (χ0n) is 11.2. The highest BCUT2D eigenvalue weighted by Gasteiger charge is 2.10. The molecule has 104 valence electrons. The van der Waals surface area contributed by atoms with Gasteiger partial charge in [0.1, 0.15) is 6.61 Å². The second-order valence-corrected chi connectivity index (χ2v) is 4.28. The van der Waals surface area contributed by atoms with Crippen LogP contribution in [0.2, 0.25) is 0 Å². The molecule has 0 bridgehead atoms. The van der Waals surface area contributed by atoms with E-state index < -0.39 is 11.7 Å². The summed E-state index contributed by atoms with van der Waals surface area (Å²) in [5.74, 6) is -1.33. The van der Waals surface area contributed by atoms with Crippen LogP contribution >= 0.6 is 0 Å². The Morgan fingerprint density at radius 2 is 2.00 bits per heavy atom. The van der Waals surface area contributed by atoms with Gasteiger partial charge in [0.2, 0.25) is 5.76 Å². The van der Waals surface area contributed by atoms with Crippen molar-refractivity contribution in [1.29, 1.82) is 0 Å². The highest BCUT2D eigenvalue weighted by Crippen LogP contribution is 2.03. The minimum Gasteiger partial charge on any atom is -0.502 e. The van der Waals surface area contributed by atoms with Crippen LogP contribution in [0.4, 0.5) is 0 Å². The van der Waals surface area contributed by atoms with Crippen molar-refractivity contribution in [2.75, 3.05) is 27.2 Å². The number of aliphatic hydroxyl groups is 1. The number of carbonyl (C=O) groups excluding carboxylic acids is 1. The van der Waals surface area contributed by atoms with E-state index in [9.17, 15) is 9.90 Å². The lowest BCUT2D eigenvalue weighted by Crippen LogP contribution is -2.19. The van der Waals surface area contributed by atoms with Crippen LogP contribution in [-0.2, 0) is 21.0 Å². The molecule has 0 fully saturated rings. The summed E-state index contributed by atoms with van der Waals surface area (Å²) in [5.41, 5.74) is 0.996. The van der Waals surface area contributed by atoms with E-state index in [4.69, 9.17) is 0 Å². The summed E-state index contributed by atoms with van der Waals surface area (Å²) >= 11 is 0. The fraction of sp³-hybridized carbons (Fsp3) is 0.357. The van der Waals surface area contributed by atoms with Gasteiger partial charge in [-0.15, -0.1) is 0 Å². The summed E-state index contributed by atoms with van der Waals surface area (Å²) in [5, 5.41) is 9.48. The Bertz CT molecular complexity index is 415. The van der Waals surface area contributed by atoms with Gasteiger partial charge in [-0.1, -0.05) is 30.3 Å². The Labute approximate surface area is 113 Å². The quantitative estimate of drug-likeness (QED) is 0.267. The molecule has 1 N–H and O–H groups in total. The molecule has 0 aliphatic rings. The van der Waals surface area contributed by atoms with Gasteiger partial charge in [0, 0.05) is 6.54 Å². The molecule has 1 aromatic carbocycles. The van der Waals surface area contributed by atoms with Crippen molar-refractivity contribution >= 4 is 5.97 Å². The molecule has 0 heterocycles. The first-order valence-corrected chi connectivity index (χ1v) is 6.01. The summed E-state index contributed by atoms with van der Waals surface area (Å²) in [6.45, 7) is 0.881. The smallest absolute Gasteiger partial charge is 0.406 e. The number of aliphatic hydroxyl groups excluding tert-OH is 1. The maximum Gasteiger partial charge on any atom is 0.406 e. The van der Waals surface area contributed by atoms with Crippen molar-refractivity contribution < 1.29 is 19.7 Å². The van der Waals surface area contributed by atoms with Gasteiger partial charge in [-0.05, 0) is 32.2 Å². The molecule has 1 rings (SSSR count). The highest BCUT2D eigenvalue weighted by molar-refractivity contribution is 5.85. The summed E-state index contributed by atoms with van der Waals surface area (Å²) in [6, 6.07) is 9.50. The number of hydrogen-bond donors (Lipinski definition) is 1. The third-order valence-corrected chi connectivity index (χ3v) is 2.34. The largest absolute Gasteiger partial charge is 0.502 e. The van der Waals surface area contributed by atoms with Crippen molar-refractivity contribution in [1.82, 2.24) is 4.90 Å². The van der Waals surface area contributed by atoms with E-state index in [0.717, 1.165) is 5.56 Å². The fourth-order valence-electron chi connectivity index (χ4n) is 1.27. The van der Waals surface area contributed by atoms with Crippen LogP contribution in [0.3, 0.4) is 0 Å². The highest BCUT2D eigenvalue weighted by atomic mass is 17.2. The summed E-state index contributed by atoms with van der Waals surface area (Å²) in [6.07, 6.45) is 1.85. The van der Waals surface area contributed by atoms with Gasteiger partial charge in [-0.3, -0.25) is 4.89 Å². The van der Waals surface area contributed by atoms with Gasteiger partial charge in [-0.2, -0.15) is 4.89 Å². The van der Waals surface area contributed by atoms with E-state index in [1.54, 1.807) is 0 Å². The van der Waals surface area contributed by atoms with E-state index in [-0.39, 0.29) is 6.61 Å². The van der Waals surface area contributed by atoms with Crippen LogP contribution in [0.5, 0.6) is 0 Å². The van der Waals surface area contributed by atoms with E-state index in [1.165, 1.54) is 6.08 Å². The first kappa shape index (κ1) is 15.2. The molecule has 0 radical (unpaired) electrons. The molecule has 0 atom stereocenters. The van der Waals surface area contributed by atoms with Crippen LogP contribution in [0.1, 0.15) is 5.56 Å². The molecule has 0 saturated carbocycles. The molecule has 5 nitrogen and oxygen atoms in total. The molecule has 0 unspecified atom stereocenters. The standard InChI is InChI=1S/C14H19NO4/c1-15(2)10-11-18-19-14(17)13(16)9-8-12-6-4-3-5-7-12/h3-7,9,16H,8,10-11H2,1-2H3. The van der Waals surface area contributed by atoms with Gasteiger partial charge in [0.25, 0.3) is 0 Å². The number of hydrogen-bond acceptors (Lipinski definition) is 5. The lowest BCUT2D eigenvalue weighted by atomic mass is 10.1. The zero-order chi connectivity index (χ0) is 14.1. The van der Waals surface area contributed by atoms with Gasteiger partial charge >= 0.3 is 5.97 Å². The Hall–Kier alpha value is -1.85. The Kier molecular flexibility index (Phi) is 6.63. The monoisotopic (exact) mass is 265 g/mol. The zero-order valence-corrected chi connectivity index (χ0v) is 11.2. The van der Waals surface area contributed by atoms with E-state index in [2.05, 4.69) is 9.78 Å². The van der Waals surface area contributed by atoms with Crippen LogP contribution in [-0.4, -0.2) is 43.2 Å². The summed E-state index contributed by atoms with van der Waals surface area (Å²) in [7, 11) is 3.75. The molecule has 19 heavy (non-hydrogen) atoms. The van der Waals surface area contributed by atoms with Crippen molar-refractivity contribution in [3.05, 3.63) is 47.7 Å². The molecule has 0 aliphatic carbocycles. The van der Waals surface area contributed by atoms with Crippen LogP contribution < -0.4 is 0 Å². The third kappa shape index (κ3) is 6.59. The van der Waals surface area contributed by atoms with Crippen molar-refractivity contribution in [2.24, 2.45) is 0 Å². The lowest BCUT2D eigenvalue weighted by molar-refractivity contribution is -0.271. The average molecular weight is 265 g/mol. The number of allylic oxidation sites excluding steroid dienone is 1. The molecule has 1 aromatic rings. The summed E-state index contributed by atoms with van der Waals surface area (Å²) < 4.78 is 0. The average Bonchev–Trinajstić information content (AvgIpc) is 2.41. The molecular formula is C14H19NO4. The molecule has 0 saturated heterocycles. The SMILES string of the molecule is CN(C)CCOOC(=O)C(O)=CCc1ccccc1. The lowest BCUT2D eigenvalue weighted by Gasteiger charge is -2.08. The van der Waals surface area contributed by atoms with Crippen molar-refractivity contribution in [3.63, 3.8) is 0 Å². The van der Waals surface area contributed by atoms with Gasteiger partial charge < -0.3 is 10.0 Å². The Morgan fingerprint density at radius 3 is 2.63 bits per heavy atom. The fourth-order valence-corrected chi connectivity index (χ4v) is 1.27. The number of benzene rings is 1. The number of nitrogens with zero attached hydrogens (tertiary/aromatic N) is 1. The van der Waals surface area contributed by atoms with Crippen molar-refractivity contribution in [3.8, 4) is 0 Å². The van der Waals surface area contributed by atoms with E-state index in [1.807, 2.05) is 49.3 Å². The molecule has 0 aromatic heterocycles. The molecule has 5 heteroatoms. The summed E-state index contributed by atoms with van der Waals surface area (Å²) in [4.78, 5) is 22.4. The van der Waals surface area contributed by atoms with Crippen LogP contribution in [0.15, 0.2) is 42.2 Å².